The van der Waals surface area contributed by atoms with E-state index in [1.54, 1.807) is 0 Å². The number of nitro benzene ring substituents is 2. The molecular weight excluding hydrogens is 236 g/mol. The van der Waals surface area contributed by atoms with Gasteiger partial charge in [-0.1, -0.05) is 0 Å². The summed E-state index contributed by atoms with van der Waals surface area (Å²) in [5, 5.41) is 38.8. The normalized spacial score (nSPS) is 9.88. The Hall–Kier alpha value is -2.71. The monoisotopic (exact) mass is 242 g/mol. The van der Waals surface area contributed by atoms with Crippen LogP contribution in [0.3, 0.4) is 0 Å². The topological polar surface area (TPSA) is 144 Å². The zero-order valence-electron chi connectivity index (χ0n) is 8.19. The minimum Gasteiger partial charge on any atom is -0.502 e. The van der Waals surface area contributed by atoms with Gasteiger partial charge in [0.15, 0.2) is 0 Å². The lowest BCUT2D eigenvalue weighted by Gasteiger charge is -2.02. The summed E-state index contributed by atoms with van der Waals surface area (Å²) in [6, 6.07) is 1.36. The standard InChI is InChI=1S/C8H6N2O7/c11-6-3-5(9(14)15)1-4(2-7(12)13)8(6)10(16)17/h1,3,11H,2H2,(H,12,13). The average molecular weight is 242 g/mol. The summed E-state index contributed by atoms with van der Waals surface area (Å²) in [5.41, 5.74) is -1.86. The van der Waals surface area contributed by atoms with Crippen molar-refractivity contribution in [3.8, 4) is 5.75 Å². The minimum absolute atomic E-state index is 0.422. The number of rotatable bonds is 4. The smallest absolute Gasteiger partial charge is 0.314 e. The van der Waals surface area contributed by atoms with Crippen molar-refractivity contribution in [1.29, 1.82) is 0 Å². The molecule has 0 aliphatic rings. The third-order valence-electron chi connectivity index (χ3n) is 1.89. The first-order valence-corrected chi connectivity index (χ1v) is 4.19. The number of non-ortho nitro benzene ring substituents is 1. The van der Waals surface area contributed by atoms with Crippen molar-refractivity contribution in [1.82, 2.24) is 0 Å². The highest BCUT2D eigenvalue weighted by Gasteiger charge is 2.25. The summed E-state index contributed by atoms with van der Waals surface area (Å²) < 4.78 is 0. The minimum atomic E-state index is -1.40. The number of aliphatic carboxylic acids is 1. The number of carboxylic acids is 1. The quantitative estimate of drug-likeness (QED) is 0.587. The van der Waals surface area contributed by atoms with E-state index in [1.165, 1.54) is 0 Å². The molecule has 0 amide bonds. The van der Waals surface area contributed by atoms with Crippen molar-refractivity contribution >= 4 is 17.3 Å². The lowest BCUT2D eigenvalue weighted by Crippen LogP contribution is -2.05. The molecule has 1 aromatic carbocycles. The Bertz CT molecular complexity index is 511. The van der Waals surface area contributed by atoms with Crippen LogP contribution in [0.15, 0.2) is 12.1 Å². The summed E-state index contributed by atoms with van der Waals surface area (Å²) in [7, 11) is 0. The van der Waals surface area contributed by atoms with Gasteiger partial charge in [0.25, 0.3) is 5.69 Å². The van der Waals surface area contributed by atoms with Crippen LogP contribution in [0, 0.1) is 20.2 Å². The maximum atomic E-state index is 10.6. The van der Waals surface area contributed by atoms with E-state index in [0.717, 1.165) is 6.07 Å². The Labute approximate surface area is 93.2 Å². The van der Waals surface area contributed by atoms with Gasteiger partial charge in [-0.05, 0) is 0 Å². The molecule has 0 saturated heterocycles. The first-order valence-electron chi connectivity index (χ1n) is 4.19. The van der Waals surface area contributed by atoms with Crippen LogP contribution in [0.2, 0.25) is 0 Å². The van der Waals surface area contributed by atoms with E-state index in [2.05, 4.69) is 0 Å². The second-order valence-electron chi connectivity index (χ2n) is 3.06. The summed E-state index contributed by atoms with van der Waals surface area (Å²) >= 11 is 0. The number of carbonyl (C=O) groups is 1. The van der Waals surface area contributed by atoms with E-state index in [0.29, 0.717) is 6.07 Å². The van der Waals surface area contributed by atoms with Crippen molar-refractivity contribution < 1.29 is 24.9 Å². The SMILES string of the molecule is O=C(O)Cc1cc([N+](=O)[O-])cc(O)c1[N+](=O)[O-]. The van der Waals surface area contributed by atoms with Crippen molar-refractivity contribution in [3.63, 3.8) is 0 Å². The highest BCUT2D eigenvalue weighted by atomic mass is 16.6. The molecule has 0 spiro atoms. The molecule has 1 aromatic rings. The van der Waals surface area contributed by atoms with E-state index in [-0.39, 0.29) is 0 Å². The number of aromatic hydroxyl groups is 1. The van der Waals surface area contributed by atoms with Gasteiger partial charge >= 0.3 is 11.7 Å². The van der Waals surface area contributed by atoms with Crippen molar-refractivity contribution in [3.05, 3.63) is 37.9 Å². The van der Waals surface area contributed by atoms with Crippen LogP contribution in [0.4, 0.5) is 11.4 Å². The Kier molecular flexibility index (Phi) is 3.22. The number of phenolic OH excluding ortho intramolecular Hbond substituents is 1. The molecule has 9 heteroatoms. The molecule has 17 heavy (non-hydrogen) atoms. The number of nitrogens with zero attached hydrogens (tertiary/aromatic N) is 2. The fourth-order valence-corrected chi connectivity index (χ4v) is 1.28. The maximum absolute atomic E-state index is 10.6. The van der Waals surface area contributed by atoms with Crippen molar-refractivity contribution in [2.24, 2.45) is 0 Å². The van der Waals surface area contributed by atoms with Gasteiger partial charge in [0, 0.05) is 6.07 Å². The Balaban J connectivity index is 3.44. The summed E-state index contributed by atoms with van der Waals surface area (Å²) in [6.07, 6.45) is -0.786. The molecule has 9 nitrogen and oxygen atoms in total. The van der Waals surface area contributed by atoms with E-state index < -0.39 is 44.9 Å². The summed E-state index contributed by atoms with van der Waals surface area (Å²) in [6.45, 7) is 0. The molecule has 0 aliphatic heterocycles. The van der Waals surface area contributed by atoms with Gasteiger partial charge in [-0.25, -0.2) is 0 Å². The molecule has 0 aliphatic carbocycles. The predicted octanol–water partition coefficient (Wildman–Crippen LogP) is 0.836. The third kappa shape index (κ3) is 2.65. The Morgan fingerprint density at radius 1 is 1.24 bits per heavy atom. The molecule has 2 N–H and O–H groups in total. The number of carboxylic acid groups (broad SMARTS) is 1. The number of benzene rings is 1. The van der Waals surface area contributed by atoms with Crippen molar-refractivity contribution in [2.45, 2.75) is 6.42 Å². The highest BCUT2D eigenvalue weighted by molar-refractivity contribution is 5.74. The molecule has 0 fully saturated rings. The summed E-state index contributed by atoms with van der Waals surface area (Å²) in [5.74, 6) is -2.33. The lowest BCUT2D eigenvalue weighted by atomic mass is 10.1. The first kappa shape index (κ1) is 12.4. The van der Waals surface area contributed by atoms with Crippen LogP contribution in [0.25, 0.3) is 0 Å². The first-order chi connectivity index (χ1) is 7.82. The molecule has 1 rings (SSSR count). The molecule has 0 atom stereocenters. The second-order valence-corrected chi connectivity index (χ2v) is 3.06. The van der Waals surface area contributed by atoms with Crippen LogP contribution in [0.5, 0.6) is 5.75 Å². The molecular formula is C8H6N2O7. The number of phenols is 1. The van der Waals surface area contributed by atoms with Crippen LogP contribution < -0.4 is 0 Å². The highest BCUT2D eigenvalue weighted by Crippen LogP contribution is 2.34. The van der Waals surface area contributed by atoms with Gasteiger partial charge in [-0.15, -0.1) is 0 Å². The molecule has 0 bridgehead atoms. The van der Waals surface area contributed by atoms with Gasteiger partial charge in [-0.3, -0.25) is 25.0 Å². The number of hydrogen-bond donors (Lipinski definition) is 2. The number of nitro groups is 2. The zero-order chi connectivity index (χ0) is 13.2. The average Bonchev–Trinajstić information content (AvgIpc) is 2.14. The van der Waals surface area contributed by atoms with Crippen molar-refractivity contribution in [2.75, 3.05) is 0 Å². The third-order valence-corrected chi connectivity index (χ3v) is 1.89. The van der Waals surface area contributed by atoms with E-state index in [1.807, 2.05) is 0 Å². The lowest BCUT2D eigenvalue weighted by molar-refractivity contribution is -0.390. The van der Waals surface area contributed by atoms with E-state index in [4.69, 9.17) is 5.11 Å². The zero-order valence-corrected chi connectivity index (χ0v) is 8.19. The Morgan fingerprint density at radius 3 is 2.24 bits per heavy atom. The van der Waals surface area contributed by atoms with Crippen LogP contribution >= 0.6 is 0 Å². The van der Waals surface area contributed by atoms with Crippen LogP contribution in [-0.2, 0) is 11.2 Å². The van der Waals surface area contributed by atoms with Gasteiger partial charge in [0.05, 0.1) is 27.9 Å². The number of hydrogen-bond acceptors (Lipinski definition) is 6. The molecule has 0 radical (unpaired) electrons. The van der Waals surface area contributed by atoms with Gasteiger partial charge in [0.1, 0.15) is 0 Å². The van der Waals surface area contributed by atoms with Gasteiger partial charge < -0.3 is 10.2 Å². The molecule has 0 saturated carbocycles. The van der Waals surface area contributed by atoms with E-state index >= 15 is 0 Å². The largest absolute Gasteiger partial charge is 0.502 e. The summed E-state index contributed by atoms with van der Waals surface area (Å²) in [4.78, 5) is 29.6. The maximum Gasteiger partial charge on any atom is 0.314 e. The molecule has 0 heterocycles. The molecule has 0 aromatic heterocycles. The molecule has 0 unspecified atom stereocenters. The predicted molar refractivity (Wildman–Crippen MR) is 52.8 cm³/mol. The fraction of sp³-hybridized carbons (Fsp3) is 0.125. The van der Waals surface area contributed by atoms with Crippen LogP contribution in [0.1, 0.15) is 5.56 Å². The van der Waals surface area contributed by atoms with Gasteiger partial charge in [0.2, 0.25) is 5.75 Å². The van der Waals surface area contributed by atoms with E-state index in [9.17, 15) is 30.1 Å². The molecule has 90 valence electrons. The fourth-order valence-electron chi connectivity index (χ4n) is 1.28. The van der Waals surface area contributed by atoms with Gasteiger partial charge in [-0.2, -0.15) is 0 Å². The second kappa shape index (κ2) is 4.43. The van der Waals surface area contributed by atoms with Crippen LogP contribution in [-0.4, -0.2) is 26.0 Å². The Morgan fingerprint density at radius 2 is 1.82 bits per heavy atom.